The first kappa shape index (κ1) is 27.2. The third-order valence-corrected chi connectivity index (χ3v) is 7.51. The van der Waals surface area contributed by atoms with Crippen LogP contribution in [0.4, 0.5) is 5.82 Å². The summed E-state index contributed by atoms with van der Waals surface area (Å²) in [5.74, 6) is -0.680. The second-order valence-corrected chi connectivity index (χ2v) is 10.3. The molecule has 0 aliphatic rings. The van der Waals surface area contributed by atoms with E-state index in [2.05, 4.69) is 43.4 Å². The smallest absolute Gasteiger partial charge is 0.343 e. The highest BCUT2D eigenvalue weighted by atomic mass is 32.2. The number of para-hydroxylation sites is 2. The Hall–Kier alpha value is -5.03. The van der Waals surface area contributed by atoms with Gasteiger partial charge in [0.25, 0.3) is 0 Å². The van der Waals surface area contributed by atoms with E-state index in [1.807, 2.05) is 66.7 Å². The summed E-state index contributed by atoms with van der Waals surface area (Å²) < 4.78 is 8.83. The first-order chi connectivity index (χ1) is 20.6. The number of nitrogens with zero attached hydrogens (tertiary/aromatic N) is 6. The quantitative estimate of drug-likeness (QED) is 0.172. The van der Waals surface area contributed by atoms with Crippen molar-refractivity contribution < 1.29 is 14.3 Å². The molecule has 1 amide bonds. The number of esters is 1. The molecule has 1 N–H and O–H groups in total. The first-order valence-electron chi connectivity index (χ1n) is 13.5. The molecule has 3 heterocycles. The van der Waals surface area contributed by atoms with Gasteiger partial charge in [0.05, 0.1) is 29.8 Å². The molecular formula is C31H27N7O3S. The van der Waals surface area contributed by atoms with Gasteiger partial charge in [-0.2, -0.15) is 5.10 Å². The van der Waals surface area contributed by atoms with Gasteiger partial charge in [0.2, 0.25) is 11.1 Å². The van der Waals surface area contributed by atoms with Crippen molar-refractivity contribution in [1.82, 2.24) is 29.5 Å². The molecule has 0 aliphatic heterocycles. The summed E-state index contributed by atoms with van der Waals surface area (Å²) >= 11 is 1.17. The Morgan fingerprint density at radius 2 is 1.67 bits per heavy atom. The summed E-state index contributed by atoms with van der Waals surface area (Å²) in [5.41, 5.74) is 4.56. The minimum atomic E-state index is -0.566. The van der Waals surface area contributed by atoms with Gasteiger partial charge in [-0.15, -0.1) is 10.2 Å². The van der Waals surface area contributed by atoms with E-state index in [0.29, 0.717) is 10.8 Å². The summed E-state index contributed by atoms with van der Waals surface area (Å²) in [4.78, 5) is 30.5. The van der Waals surface area contributed by atoms with Crippen molar-refractivity contribution in [2.75, 3.05) is 17.7 Å². The number of ether oxygens (including phenoxy) is 1. The van der Waals surface area contributed by atoms with E-state index in [9.17, 15) is 9.59 Å². The molecule has 6 aromatic rings. The number of aromatic nitrogens is 6. The molecule has 42 heavy (non-hydrogen) atoms. The Labute approximate surface area is 245 Å². The summed E-state index contributed by atoms with van der Waals surface area (Å²) in [5, 5.41) is 17.3. The number of amides is 1. The number of benzene rings is 3. The van der Waals surface area contributed by atoms with Crippen molar-refractivity contribution in [2.45, 2.75) is 25.0 Å². The van der Waals surface area contributed by atoms with E-state index in [0.717, 1.165) is 35.0 Å². The number of carbonyl (C=O) groups excluding carboxylic acids is 2. The Balaban J connectivity index is 1.24. The van der Waals surface area contributed by atoms with Gasteiger partial charge >= 0.3 is 5.97 Å². The third kappa shape index (κ3) is 5.59. The van der Waals surface area contributed by atoms with Crippen molar-refractivity contribution in [1.29, 1.82) is 0 Å². The number of thioether (sulfide) groups is 1. The minimum Gasteiger partial charge on any atom is -0.462 e. The minimum absolute atomic E-state index is 0.000332. The topological polar surface area (TPSA) is 117 Å². The Morgan fingerprint density at radius 1 is 0.929 bits per heavy atom. The SMILES string of the molecule is CCOC(=O)c1cnn(-c2ccccc2)c1NC(=O)CSc1nnc2c3ccccc3n(CCc3ccccc3)c2n1. The fourth-order valence-corrected chi connectivity index (χ4v) is 5.33. The molecule has 11 heteroatoms. The number of hydrogen-bond donors (Lipinski definition) is 1. The molecule has 0 bridgehead atoms. The van der Waals surface area contributed by atoms with Crippen LogP contribution in [0.3, 0.4) is 0 Å². The predicted octanol–water partition coefficient (Wildman–Crippen LogP) is 5.32. The van der Waals surface area contributed by atoms with Gasteiger partial charge in [0, 0.05) is 11.9 Å². The van der Waals surface area contributed by atoms with Gasteiger partial charge in [0.15, 0.2) is 11.5 Å². The molecular weight excluding hydrogens is 550 g/mol. The Kier molecular flexibility index (Phi) is 7.91. The van der Waals surface area contributed by atoms with E-state index in [1.54, 1.807) is 6.92 Å². The molecule has 0 aliphatic carbocycles. The van der Waals surface area contributed by atoms with E-state index >= 15 is 0 Å². The fraction of sp³-hybridized carbons (Fsp3) is 0.161. The lowest BCUT2D eigenvalue weighted by Gasteiger charge is -2.11. The normalized spacial score (nSPS) is 11.2. The van der Waals surface area contributed by atoms with E-state index in [1.165, 1.54) is 28.2 Å². The number of aryl methyl sites for hydroxylation is 2. The predicted molar refractivity (Wildman–Crippen MR) is 162 cm³/mol. The van der Waals surface area contributed by atoms with Crippen molar-refractivity contribution in [3.8, 4) is 5.69 Å². The van der Waals surface area contributed by atoms with Gasteiger partial charge in [0.1, 0.15) is 11.1 Å². The molecule has 0 spiro atoms. The Morgan fingerprint density at radius 3 is 2.45 bits per heavy atom. The zero-order valence-electron chi connectivity index (χ0n) is 22.8. The van der Waals surface area contributed by atoms with Gasteiger partial charge in [-0.3, -0.25) is 4.79 Å². The zero-order chi connectivity index (χ0) is 28.9. The second-order valence-electron chi connectivity index (χ2n) is 9.38. The highest BCUT2D eigenvalue weighted by molar-refractivity contribution is 7.99. The zero-order valence-corrected chi connectivity index (χ0v) is 23.6. The van der Waals surface area contributed by atoms with Gasteiger partial charge in [-0.25, -0.2) is 14.5 Å². The number of hydrogen-bond acceptors (Lipinski definition) is 8. The summed E-state index contributed by atoms with van der Waals surface area (Å²) in [6.45, 7) is 2.64. The number of anilines is 1. The van der Waals surface area contributed by atoms with Gasteiger partial charge < -0.3 is 14.6 Å². The molecule has 0 saturated heterocycles. The fourth-order valence-electron chi connectivity index (χ4n) is 4.75. The lowest BCUT2D eigenvalue weighted by atomic mass is 10.1. The monoisotopic (exact) mass is 577 g/mol. The average Bonchev–Trinajstić information content (AvgIpc) is 3.58. The molecule has 3 aromatic carbocycles. The molecule has 6 rings (SSSR count). The number of carbonyl (C=O) groups is 2. The number of rotatable bonds is 10. The number of nitrogens with one attached hydrogen (secondary N) is 1. The molecule has 0 saturated carbocycles. The maximum absolute atomic E-state index is 13.1. The second kappa shape index (κ2) is 12.2. The largest absolute Gasteiger partial charge is 0.462 e. The van der Waals surface area contributed by atoms with Crippen molar-refractivity contribution in [2.24, 2.45) is 0 Å². The van der Waals surface area contributed by atoms with Crippen LogP contribution in [0.15, 0.2) is 96.3 Å². The molecule has 0 atom stereocenters. The van der Waals surface area contributed by atoms with Crippen LogP contribution in [0.1, 0.15) is 22.8 Å². The average molecular weight is 578 g/mol. The van der Waals surface area contributed by atoms with E-state index < -0.39 is 5.97 Å². The maximum atomic E-state index is 13.1. The lowest BCUT2D eigenvalue weighted by molar-refractivity contribution is -0.113. The lowest BCUT2D eigenvalue weighted by Crippen LogP contribution is -2.19. The van der Waals surface area contributed by atoms with Crippen LogP contribution in [0.5, 0.6) is 0 Å². The van der Waals surface area contributed by atoms with Gasteiger partial charge in [-0.05, 0) is 37.1 Å². The summed E-state index contributed by atoms with van der Waals surface area (Å²) in [6.07, 6.45) is 2.23. The van der Waals surface area contributed by atoms with Crippen LogP contribution in [0.25, 0.3) is 27.8 Å². The van der Waals surface area contributed by atoms with Crippen molar-refractivity contribution in [3.05, 3.63) is 102 Å². The van der Waals surface area contributed by atoms with E-state index in [4.69, 9.17) is 9.72 Å². The van der Waals surface area contributed by atoms with Crippen LogP contribution in [-0.2, 0) is 22.5 Å². The highest BCUT2D eigenvalue weighted by Gasteiger charge is 2.22. The molecule has 0 unspecified atom stereocenters. The molecule has 0 fully saturated rings. The Bertz CT molecular complexity index is 1870. The summed E-state index contributed by atoms with van der Waals surface area (Å²) in [6, 6.07) is 27.6. The van der Waals surface area contributed by atoms with Crippen LogP contribution in [0.2, 0.25) is 0 Å². The van der Waals surface area contributed by atoms with Gasteiger partial charge in [-0.1, -0.05) is 78.5 Å². The molecule has 3 aromatic heterocycles. The molecule has 210 valence electrons. The van der Waals surface area contributed by atoms with Crippen LogP contribution >= 0.6 is 11.8 Å². The maximum Gasteiger partial charge on any atom is 0.343 e. The first-order valence-corrected chi connectivity index (χ1v) is 14.5. The van der Waals surface area contributed by atoms with Crippen LogP contribution < -0.4 is 5.32 Å². The van der Waals surface area contributed by atoms with Crippen LogP contribution in [0, 0.1) is 0 Å². The van der Waals surface area contributed by atoms with E-state index in [-0.39, 0.29) is 29.6 Å². The third-order valence-electron chi connectivity index (χ3n) is 6.68. The highest BCUT2D eigenvalue weighted by Crippen LogP contribution is 2.28. The standard InChI is InChI=1S/C31H27N7O3S/c1-2-41-30(40)24-19-32-38(22-13-7-4-8-14-22)28(24)33-26(39)20-42-31-34-29-27(35-36-31)23-15-9-10-16-25(23)37(29)18-17-21-11-5-3-6-12-21/h3-16,19H,2,17-18,20H2,1H3,(H,33,39). The van der Waals surface area contributed by atoms with Crippen molar-refractivity contribution in [3.63, 3.8) is 0 Å². The number of fused-ring (bicyclic) bond motifs is 3. The molecule has 0 radical (unpaired) electrons. The summed E-state index contributed by atoms with van der Waals surface area (Å²) in [7, 11) is 0. The van der Waals surface area contributed by atoms with Crippen molar-refractivity contribution >= 4 is 51.5 Å². The van der Waals surface area contributed by atoms with Crippen LogP contribution in [-0.4, -0.2) is 53.8 Å². The molecule has 10 nitrogen and oxygen atoms in total.